The highest BCUT2D eigenvalue weighted by molar-refractivity contribution is 6.37. The minimum atomic E-state index is -0.816. The first-order chi connectivity index (χ1) is 16.2. The largest absolute Gasteiger partial charge is 0.481 e. The number of hydrogen-bond acceptors (Lipinski definition) is 4. The van der Waals surface area contributed by atoms with Crippen molar-refractivity contribution in [2.75, 3.05) is 13.1 Å². The van der Waals surface area contributed by atoms with Gasteiger partial charge in [-0.3, -0.25) is 9.59 Å². The number of fused-ring (bicyclic) bond motifs is 1. The number of carboxylic acids is 1. The Morgan fingerprint density at radius 3 is 2.59 bits per heavy atom. The number of piperidine rings is 1. The Balaban J connectivity index is 1.61. The number of halogens is 2. The summed E-state index contributed by atoms with van der Waals surface area (Å²) in [7, 11) is 1.93. The van der Waals surface area contributed by atoms with E-state index < -0.39 is 5.97 Å². The van der Waals surface area contributed by atoms with E-state index >= 15 is 0 Å². The lowest BCUT2D eigenvalue weighted by Crippen LogP contribution is -2.39. The first-order valence-corrected chi connectivity index (χ1v) is 11.8. The van der Waals surface area contributed by atoms with Gasteiger partial charge < -0.3 is 14.6 Å². The molecule has 0 unspecified atom stereocenters. The van der Waals surface area contributed by atoms with Gasteiger partial charge in [0.1, 0.15) is 5.69 Å². The molecule has 0 atom stereocenters. The Kier molecular flexibility index (Phi) is 6.83. The van der Waals surface area contributed by atoms with Crippen LogP contribution in [0.5, 0.6) is 0 Å². The lowest BCUT2D eigenvalue weighted by Gasteiger charge is -2.31. The van der Waals surface area contributed by atoms with Crippen LogP contribution in [0.4, 0.5) is 0 Å². The average molecular weight is 499 g/mol. The Bertz CT molecular complexity index is 1330. The maximum absolute atomic E-state index is 13.2. The van der Waals surface area contributed by atoms with E-state index in [2.05, 4.69) is 11.1 Å². The molecule has 1 aliphatic heterocycles. The van der Waals surface area contributed by atoms with Gasteiger partial charge in [0.15, 0.2) is 0 Å². The molecule has 0 saturated carbocycles. The van der Waals surface area contributed by atoms with E-state index in [1.165, 1.54) is 6.20 Å². The molecule has 176 valence electrons. The van der Waals surface area contributed by atoms with Crippen molar-refractivity contribution in [3.63, 3.8) is 0 Å². The second-order valence-electron chi connectivity index (χ2n) is 8.79. The summed E-state index contributed by atoms with van der Waals surface area (Å²) in [5, 5.41) is 20.0. The minimum Gasteiger partial charge on any atom is -0.481 e. The lowest BCUT2D eigenvalue weighted by atomic mass is 9.93. The zero-order valence-corrected chi connectivity index (χ0v) is 20.4. The summed E-state index contributed by atoms with van der Waals surface area (Å²) in [6.45, 7) is 2.91. The molecular weight excluding hydrogens is 475 g/mol. The number of aryl methyl sites for hydroxylation is 2. The molecule has 2 aromatic heterocycles. The summed E-state index contributed by atoms with van der Waals surface area (Å²) < 4.78 is 2.00. The van der Waals surface area contributed by atoms with Gasteiger partial charge in [0, 0.05) is 55.8 Å². The molecule has 0 spiro atoms. The fourth-order valence-corrected chi connectivity index (χ4v) is 5.19. The molecule has 9 heteroatoms. The van der Waals surface area contributed by atoms with Crippen molar-refractivity contribution in [2.24, 2.45) is 13.0 Å². The Morgan fingerprint density at radius 2 is 1.94 bits per heavy atom. The number of benzene rings is 1. The number of nitriles is 1. The van der Waals surface area contributed by atoms with Crippen molar-refractivity contribution in [3.05, 3.63) is 62.5 Å². The summed E-state index contributed by atoms with van der Waals surface area (Å²) >= 11 is 13.1. The zero-order chi connectivity index (χ0) is 24.6. The van der Waals surface area contributed by atoms with Crippen LogP contribution in [0.25, 0.3) is 10.9 Å². The van der Waals surface area contributed by atoms with Gasteiger partial charge in [-0.05, 0) is 55.0 Å². The van der Waals surface area contributed by atoms with Crippen LogP contribution in [-0.4, -0.2) is 44.5 Å². The van der Waals surface area contributed by atoms with E-state index in [0.29, 0.717) is 48.5 Å². The third-order valence-corrected chi connectivity index (χ3v) is 7.32. The molecule has 1 aromatic carbocycles. The number of aliphatic carboxylic acids is 1. The molecule has 3 heterocycles. The topological polar surface area (TPSA) is 99.2 Å². The Labute approximate surface area is 207 Å². The maximum Gasteiger partial charge on any atom is 0.303 e. The van der Waals surface area contributed by atoms with Crippen LogP contribution in [0, 0.1) is 24.2 Å². The van der Waals surface area contributed by atoms with Crippen molar-refractivity contribution in [1.82, 2.24) is 14.5 Å². The van der Waals surface area contributed by atoms with Crippen LogP contribution in [0.2, 0.25) is 10.0 Å². The zero-order valence-electron chi connectivity index (χ0n) is 18.9. The fraction of sp³-hybridized carbons (Fsp3) is 0.360. The number of amides is 1. The van der Waals surface area contributed by atoms with Gasteiger partial charge in [-0.25, -0.2) is 4.98 Å². The third-order valence-electron chi connectivity index (χ3n) is 6.59. The molecule has 34 heavy (non-hydrogen) atoms. The maximum atomic E-state index is 13.2. The smallest absolute Gasteiger partial charge is 0.303 e. The van der Waals surface area contributed by atoms with Gasteiger partial charge in [0.2, 0.25) is 0 Å². The number of aromatic nitrogens is 2. The van der Waals surface area contributed by atoms with Crippen molar-refractivity contribution in [1.29, 1.82) is 5.26 Å². The SMILES string of the molecule is Cc1cc(C#N)cc2c1cc(Cc1c(Cl)cnc(C(=O)N3CCC(CC(=O)O)CC3)c1Cl)n2C. The van der Waals surface area contributed by atoms with Gasteiger partial charge in [0.25, 0.3) is 5.91 Å². The van der Waals surface area contributed by atoms with Gasteiger partial charge in [0.05, 0.1) is 21.7 Å². The van der Waals surface area contributed by atoms with Gasteiger partial charge in [-0.2, -0.15) is 5.26 Å². The van der Waals surface area contributed by atoms with E-state index in [4.69, 9.17) is 28.3 Å². The molecule has 0 bridgehead atoms. The van der Waals surface area contributed by atoms with Crippen LogP contribution in [0.3, 0.4) is 0 Å². The van der Waals surface area contributed by atoms with Crippen molar-refractivity contribution >= 4 is 46.0 Å². The van der Waals surface area contributed by atoms with Crippen LogP contribution in [-0.2, 0) is 18.3 Å². The van der Waals surface area contributed by atoms with E-state index in [1.54, 1.807) is 4.90 Å². The number of carboxylic acid groups (broad SMARTS) is 1. The molecular formula is C25H24Cl2N4O3. The molecule has 7 nitrogen and oxygen atoms in total. The monoisotopic (exact) mass is 498 g/mol. The third kappa shape index (κ3) is 4.61. The first kappa shape index (κ1) is 24.1. The van der Waals surface area contributed by atoms with Crippen molar-refractivity contribution < 1.29 is 14.7 Å². The molecule has 0 radical (unpaired) electrons. The van der Waals surface area contributed by atoms with E-state index in [-0.39, 0.29) is 29.0 Å². The summed E-state index contributed by atoms with van der Waals surface area (Å²) in [6.07, 6.45) is 3.24. The number of rotatable bonds is 5. The highest BCUT2D eigenvalue weighted by atomic mass is 35.5. The molecule has 0 aliphatic carbocycles. The summed E-state index contributed by atoms with van der Waals surface area (Å²) in [5.41, 5.74) is 4.25. The average Bonchev–Trinajstić information content (AvgIpc) is 3.12. The van der Waals surface area contributed by atoms with E-state index in [0.717, 1.165) is 22.2 Å². The molecule has 1 N–H and O–H groups in total. The van der Waals surface area contributed by atoms with Crippen molar-refractivity contribution in [2.45, 2.75) is 32.6 Å². The quantitative estimate of drug-likeness (QED) is 0.534. The molecule has 4 rings (SSSR count). The minimum absolute atomic E-state index is 0.0715. The van der Waals surface area contributed by atoms with Crippen LogP contribution >= 0.6 is 23.2 Å². The van der Waals surface area contributed by atoms with Gasteiger partial charge in [-0.15, -0.1) is 0 Å². The van der Waals surface area contributed by atoms with Crippen molar-refractivity contribution in [3.8, 4) is 6.07 Å². The normalized spacial score (nSPS) is 14.4. The standard InChI is InChI=1S/C25H24Cl2N4O3/c1-14-7-16(12-28)8-21-18(14)10-17(30(21)2)11-19-20(26)13-29-24(23(19)27)25(34)31-5-3-15(4-6-31)9-22(32)33/h7-8,10,13,15H,3-6,9,11H2,1-2H3,(H,32,33). The number of pyridine rings is 1. The van der Waals surface area contributed by atoms with Gasteiger partial charge >= 0.3 is 5.97 Å². The highest BCUT2D eigenvalue weighted by Crippen LogP contribution is 2.33. The van der Waals surface area contributed by atoms with Crippen LogP contribution in [0.1, 0.15) is 52.1 Å². The highest BCUT2D eigenvalue weighted by Gasteiger charge is 2.28. The second-order valence-corrected chi connectivity index (χ2v) is 9.58. The molecule has 1 aliphatic rings. The van der Waals surface area contributed by atoms with E-state index in [9.17, 15) is 14.9 Å². The second kappa shape index (κ2) is 9.65. The van der Waals surface area contributed by atoms with Crippen LogP contribution < -0.4 is 0 Å². The molecule has 3 aromatic rings. The summed E-state index contributed by atoms with van der Waals surface area (Å²) in [5.74, 6) is -1.02. The molecule has 1 fully saturated rings. The first-order valence-electron chi connectivity index (χ1n) is 11.0. The van der Waals surface area contributed by atoms with Crippen LogP contribution in [0.15, 0.2) is 24.4 Å². The number of likely N-dealkylation sites (tertiary alicyclic amines) is 1. The van der Waals surface area contributed by atoms with Gasteiger partial charge in [-0.1, -0.05) is 23.2 Å². The number of carbonyl (C=O) groups excluding carboxylic acids is 1. The Hall–Kier alpha value is -3.08. The molecule has 1 amide bonds. The number of hydrogen-bond donors (Lipinski definition) is 1. The molecule has 1 saturated heterocycles. The Morgan fingerprint density at radius 1 is 1.24 bits per heavy atom. The predicted molar refractivity (Wildman–Crippen MR) is 130 cm³/mol. The lowest BCUT2D eigenvalue weighted by molar-refractivity contribution is -0.138. The predicted octanol–water partition coefficient (Wildman–Crippen LogP) is 4.98. The fourth-order valence-electron chi connectivity index (χ4n) is 4.63. The summed E-state index contributed by atoms with van der Waals surface area (Å²) in [6, 6.07) is 7.95. The number of nitrogens with zero attached hydrogens (tertiary/aromatic N) is 4. The summed E-state index contributed by atoms with van der Waals surface area (Å²) in [4.78, 5) is 30.0. The van der Waals surface area contributed by atoms with E-state index in [1.807, 2.05) is 36.7 Å². The number of carbonyl (C=O) groups is 2.